The molecule has 0 N–H and O–H groups in total. The first-order valence-electron chi connectivity index (χ1n) is 12.6. The maximum absolute atomic E-state index is 12.9. The summed E-state index contributed by atoms with van der Waals surface area (Å²) in [5, 5.41) is 0.987. The van der Waals surface area contributed by atoms with E-state index in [2.05, 4.69) is 22.5 Å². The van der Waals surface area contributed by atoms with Crippen molar-refractivity contribution in [1.82, 2.24) is 9.47 Å². The number of fused-ring (bicyclic) bond motifs is 1. The molecule has 0 saturated carbocycles. The molecule has 0 atom stereocenters. The Morgan fingerprint density at radius 2 is 1.76 bits per heavy atom. The summed E-state index contributed by atoms with van der Waals surface area (Å²) in [6, 6.07) is 15.7. The number of carbonyl (C=O) groups is 2. The average molecular weight is 461 g/mol. The van der Waals surface area contributed by atoms with Gasteiger partial charge in [0.05, 0.1) is 7.11 Å². The van der Waals surface area contributed by atoms with Crippen molar-refractivity contribution in [2.75, 3.05) is 26.7 Å². The molecule has 4 rings (SSSR count). The first kappa shape index (κ1) is 24.2. The van der Waals surface area contributed by atoms with Crippen molar-refractivity contribution >= 4 is 22.5 Å². The van der Waals surface area contributed by atoms with E-state index in [1.54, 1.807) is 7.11 Å². The zero-order valence-electron chi connectivity index (χ0n) is 20.5. The van der Waals surface area contributed by atoms with Gasteiger partial charge in [-0.1, -0.05) is 43.7 Å². The van der Waals surface area contributed by atoms with E-state index in [4.69, 9.17) is 4.74 Å². The van der Waals surface area contributed by atoms with Gasteiger partial charge in [0.15, 0.2) is 11.6 Å². The summed E-state index contributed by atoms with van der Waals surface area (Å²) in [4.78, 5) is 28.1. The molecule has 0 amide bonds. The Labute approximate surface area is 202 Å². The highest BCUT2D eigenvalue weighted by Crippen LogP contribution is 2.28. The van der Waals surface area contributed by atoms with Gasteiger partial charge in [0.25, 0.3) is 0 Å². The molecule has 3 aromatic rings. The van der Waals surface area contributed by atoms with Crippen LogP contribution in [0.4, 0.5) is 0 Å². The fraction of sp³-hybridized carbons (Fsp3) is 0.448. The topological polar surface area (TPSA) is 51.5 Å². The van der Waals surface area contributed by atoms with Crippen LogP contribution in [0.2, 0.25) is 0 Å². The maximum Gasteiger partial charge on any atom is 0.166 e. The summed E-state index contributed by atoms with van der Waals surface area (Å²) in [6.07, 6.45) is 7.41. The molecular formula is C29H36N2O3. The minimum atomic E-state index is 0.138. The fourth-order valence-electron chi connectivity index (χ4n) is 5.00. The molecule has 1 aliphatic heterocycles. The number of aromatic nitrogens is 1. The quantitative estimate of drug-likeness (QED) is 0.329. The van der Waals surface area contributed by atoms with Crippen LogP contribution in [-0.2, 0) is 6.54 Å². The van der Waals surface area contributed by atoms with Crippen molar-refractivity contribution in [2.24, 2.45) is 5.92 Å². The molecule has 1 saturated heterocycles. The Bertz CT molecular complexity index is 1110. The molecule has 180 valence electrons. The van der Waals surface area contributed by atoms with E-state index in [1.807, 2.05) is 48.7 Å². The number of Topliss-reactive ketones (excluding diaryl/α,β-unsaturated/α-hetero) is 2. The molecule has 0 spiro atoms. The first-order chi connectivity index (χ1) is 16.6. The van der Waals surface area contributed by atoms with E-state index in [0.29, 0.717) is 6.42 Å². The van der Waals surface area contributed by atoms with E-state index >= 15 is 0 Å². The second-order valence-electron chi connectivity index (χ2n) is 9.35. The van der Waals surface area contributed by atoms with Gasteiger partial charge in [0.1, 0.15) is 5.75 Å². The summed E-state index contributed by atoms with van der Waals surface area (Å²) in [6.45, 7) is 5.91. The first-order valence-corrected chi connectivity index (χ1v) is 12.6. The van der Waals surface area contributed by atoms with E-state index < -0.39 is 0 Å². The number of nitrogens with zero attached hydrogens (tertiary/aromatic N) is 2. The van der Waals surface area contributed by atoms with Crippen LogP contribution >= 0.6 is 0 Å². The highest BCUT2D eigenvalue weighted by atomic mass is 16.5. The third-order valence-corrected chi connectivity index (χ3v) is 7.04. The van der Waals surface area contributed by atoms with Gasteiger partial charge < -0.3 is 14.2 Å². The fourth-order valence-corrected chi connectivity index (χ4v) is 5.00. The predicted octanol–water partition coefficient (Wildman–Crippen LogP) is 6.01. The van der Waals surface area contributed by atoms with Crippen molar-refractivity contribution in [3.05, 3.63) is 65.9 Å². The van der Waals surface area contributed by atoms with E-state index in [-0.39, 0.29) is 17.5 Å². The monoisotopic (exact) mass is 460 g/mol. The highest BCUT2D eigenvalue weighted by Gasteiger charge is 2.25. The average Bonchev–Trinajstić information content (AvgIpc) is 3.25. The van der Waals surface area contributed by atoms with E-state index in [0.717, 1.165) is 86.1 Å². The number of benzene rings is 2. The summed E-state index contributed by atoms with van der Waals surface area (Å²) in [7, 11) is 1.66. The zero-order valence-corrected chi connectivity index (χ0v) is 20.5. The minimum Gasteiger partial charge on any atom is -0.497 e. The molecule has 0 radical (unpaired) electrons. The van der Waals surface area contributed by atoms with Crippen LogP contribution in [0.25, 0.3) is 10.9 Å². The molecule has 1 aromatic heterocycles. The van der Waals surface area contributed by atoms with Crippen LogP contribution in [0.3, 0.4) is 0 Å². The molecule has 1 aliphatic rings. The zero-order chi connectivity index (χ0) is 23.9. The lowest BCUT2D eigenvalue weighted by molar-refractivity contribution is 0.0838. The Balaban J connectivity index is 1.35. The van der Waals surface area contributed by atoms with Gasteiger partial charge in [-0.15, -0.1) is 0 Å². The smallest absolute Gasteiger partial charge is 0.166 e. The largest absolute Gasteiger partial charge is 0.497 e. The second kappa shape index (κ2) is 11.5. The number of hydrogen-bond acceptors (Lipinski definition) is 4. The molecule has 0 aliphatic carbocycles. The lowest BCUT2D eigenvalue weighted by Gasteiger charge is -2.31. The van der Waals surface area contributed by atoms with Crippen molar-refractivity contribution in [1.29, 1.82) is 0 Å². The van der Waals surface area contributed by atoms with Crippen LogP contribution < -0.4 is 4.74 Å². The maximum atomic E-state index is 12.9. The number of ketones is 2. The van der Waals surface area contributed by atoms with Crippen LogP contribution in [0.5, 0.6) is 5.75 Å². The van der Waals surface area contributed by atoms with Crippen LogP contribution in [0, 0.1) is 5.92 Å². The summed E-state index contributed by atoms with van der Waals surface area (Å²) in [5.74, 6) is 1.42. The standard InChI is InChI=1S/C29H36N2O3/c1-3-4-11-28(32)26-21-31(27-13-12-24(34-2)20-25(26)27)17-8-16-30-18-14-23(15-19-30)29(33)22-9-6-5-7-10-22/h5-7,9-10,12-13,20-21,23H,3-4,8,11,14-19H2,1-2H3. The third-order valence-electron chi connectivity index (χ3n) is 7.04. The number of ether oxygens (including phenoxy) is 1. The van der Waals surface area contributed by atoms with Gasteiger partial charge in [0.2, 0.25) is 0 Å². The second-order valence-corrected chi connectivity index (χ2v) is 9.35. The molecule has 5 heteroatoms. The van der Waals surface area contributed by atoms with Gasteiger partial charge in [-0.25, -0.2) is 0 Å². The molecule has 0 unspecified atom stereocenters. The lowest BCUT2D eigenvalue weighted by Crippen LogP contribution is -2.37. The van der Waals surface area contributed by atoms with Crippen LogP contribution in [0.15, 0.2) is 54.7 Å². The SMILES string of the molecule is CCCCC(=O)c1cn(CCCN2CCC(C(=O)c3ccccc3)CC2)c2ccc(OC)cc12. The number of rotatable bonds is 11. The Morgan fingerprint density at radius 1 is 1.00 bits per heavy atom. The number of aryl methyl sites for hydroxylation is 1. The molecule has 0 bridgehead atoms. The number of methoxy groups -OCH3 is 1. The number of hydrogen-bond donors (Lipinski definition) is 0. The molecule has 2 heterocycles. The summed E-state index contributed by atoms with van der Waals surface area (Å²) < 4.78 is 7.63. The molecule has 34 heavy (non-hydrogen) atoms. The predicted molar refractivity (Wildman–Crippen MR) is 137 cm³/mol. The van der Waals surface area contributed by atoms with Gasteiger partial charge >= 0.3 is 0 Å². The Hall–Kier alpha value is -2.92. The number of unbranched alkanes of at least 4 members (excludes halogenated alkanes) is 1. The number of piperidine rings is 1. The van der Waals surface area contributed by atoms with Crippen molar-refractivity contribution < 1.29 is 14.3 Å². The van der Waals surface area contributed by atoms with E-state index in [1.165, 1.54) is 0 Å². The molecule has 2 aromatic carbocycles. The Morgan fingerprint density at radius 3 is 2.47 bits per heavy atom. The van der Waals surface area contributed by atoms with Gasteiger partial charge in [-0.3, -0.25) is 9.59 Å². The molecule has 1 fully saturated rings. The highest BCUT2D eigenvalue weighted by molar-refractivity contribution is 6.08. The summed E-state index contributed by atoms with van der Waals surface area (Å²) in [5.41, 5.74) is 2.73. The van der Waals surface area contributed by atoms with Crippen molar-refractivity contribution in [3.63, 3.8) is 0 Å². The van der Waals surface area contributed by atoms with Gasteiger partial charge in [-0.2, -0.15) is 0 Å². The molecule has 5 nitrogen and oxygen atoms in total. The summed E-state index contributed by atoms with van der Waals surface area (Å²) >= 11 is 0. The third kappa shape index (κ3) is 5.58. The normalized spacial score (nSPS) is 15.0. The number of likely N-dealkylation sites (tertiary alicyclic amines) is 1. The molecular weight excluding hydrogens is 424 g/mol. The Kier molecular flexibility index (Phi) is 8.17. The van der Waals surface area contributed by atoms with Gasteiger partial charge in [0, 0.05) is 47.1 Å². The van der Waals surface area contributed by atoms with E-state index in [9.17, 15) is 9.59 Å². The van der Waals surface area contributed by atoms with Crippen molar-refractivity contribution in [2.45, 2.75) is 52.0 Å². The van der Waals surface area contributed by atoms with Gasteiger partial charge in [-0.05, 0) is 63.5 Å². The van der Waals surface area contributed by atoms with Crippen molar-refractivity contribution in [3.8, 4) is 5.75 Å². The van der Waals surface area contributed by atoms with Crippen LogP contribution in [-0.4, -0.2) is 47.8 Å². The number of carbonyl (C=O) groups excluding carboxylic acids is 2. The minimum absolute atomic E-state index is 0.138. The lowest BCUT2D eigenvalue weighted by atomic mass is 9.89. The van der Waals surface area contributed by atoms with Crippen LogP contribution in [0.1, 0.15) is 66.2 Å².